The molecule has 1 saturated heterocycles. The molecule has 2 N–H and O–H groups in total. The number of carbonyl (C=O) groups excluding carboxylic acids is 1. The van der Waals surface area contributed by atoms with Crippen LogP contribution in [0.25, 0.3) is 10.8 Å². The summed E-state index contributed by atoms with van der Waals surface area (Å²) in [5.74, 6) is 0.133. The summed E-state index contributed by atoms with van der Waals surface area (Å²) in [6, 6.07) is 17.8. The van der Waals surface area contributed by atoms with Crippen LogP contribution in [0.4, 0.5) is 11.4 Å². The van der Waals surface area contributed by atoms with Gasteiger partial charge in [0.2, 0.25) is 0 Å². The topological polar surface area (TPSA) is 78.5 Å². The van der Waals surface area contributed by atoms with Crippen molar-refractivity contribution in [1.29, 1.82) is 0 Å². The number of sulfonamides is 1. The monoisotopic (exact) mass is 451 g/mol. The first kappa shape index (κ1) is 22.1. The Morgan fingerprint density at radius 3 is 2.47 bits per heavy atom. The third-order valence-electron chi connectivity index (χ3n) is 5.65. The van der Waals surface area contributed by atoms with Crippen molar-refractivity contribution in [3.8, 4) is 0 Å². The molecular formula is C25H29N3O3S. The lowest BCUT2D eigenvalue weighted by Gasteiger charge is -2.22. The van der Waals surface area contributed by atoms with E-state index in [4.69, 9.17) is 0 Å². The number of anilines is 2. The number of carbonyl (C=O) groups is 1. The van der Waals surface area contributed by atoms with Crippen molar-refractivity contribution in [1.82, 2.24) is 5.32 Å². The Bertz CT molecular complexity index is 1230. The minimum Gasteiger partial charge on any atom is -0.371 e. The molecule has 0 spiro atoms. The standard InChI is InChI=1S/C25H29N3O3S/c1-18(2)17-26-25(29)22-16-20(12-13-23(22)28-14-5-6-15-28)27-32(30,31)24-11-7-9-19-8-3-4-10-21(19)24/h3-4,7-13,16,18,27H,5-6,14-15,17H2,1-2H3,(H,26,29). The fourth-order valence-corrected chi connectivity index (χ4v) is 5.33. The normalized spacial score (nSPS) is 14.2. The first-order chi connectivity index (χ1) is 15.3. The number of benzene rings is 3. The zero-order valence-electron chi connectivity index (χ0n) is 18.5. The van der Waals surface area contributed by atoms with Crippen molar-refractivity contribution in [3.05, 3.63) is 66.2 Å². The van der Waals surface area contributed by atoms with Crippen molar-refractivity contribution in [3.63, 3.8) is 0 Å². The molecule has 1 aliphatic heterocycles. The minimum atomic E-state index is -3.84. The number of nitrogens with one attached hydrogen (secondary N) is 2. The molecule has 0 saturated carbocycles. The Hall–Kier alpha value is -3.06. The predicted octanol–water partition coefficient (Wildman–Crippen LogP) is 4.63. The highest BCUT2D eigenvalue weighted by molar-refractivity contribution is 7.93. The Morgan fingerprint density at radius 1 is 1.00 bits per heavy atom. The van der Waals surface area contributed by atoms with Gasteiger partial charge in [-0.2, -0.15) is 0 Å². The van der Waals surface area contributed by atoms with E-state index in [1.807, 2.05) is 44.2 Å². The average Bonchev–Trinajstić information content (AvgIpc) is 3.31. The maximum absolute atomic E-state index is 13.2. The van der Waals surface area contributed by atoms with E-state index >= 15 is 0 Å². The van der Waals surface area contributed by atoms with Gasteiger partial charge in [-0.05, 0) is 48.4 Å². The van der Waals surface area contributed by atoms with Crippen LogP contribution in [-0.2, 0) is 10.0 Å². The molecule has 0 unspecified atom stereocenters. The van der Waals surface area contributed by atoms with E-state index in [2.05, 4.69) is 14.9 Å². The highest BCUT2D eigenvalue weighted by atomic mass is 32.2. The maximum Gasteiger partial charge on any atom is 0.262 e. The van der Waals surface area contributed by atoms with Gasteiger partial charge in [0.25, 0.3) is 15.9 Å². The predicted molar refractivity (Wildman–Crippen MR) is 130 cm³/mol. The van der Waals surface area contributed by atoms with Gasteiger partial charge in [-0.1, -0.05) is 50.2 Å². The van der Waals surface area contributed by atoms with Crippen LogP contribution >= 0.6 is 0 Å². The van der Waals surface area contributed by atoms with Gasteiger partial charge in [0.1, 0.15) is 0 Å². The number of hydrogen-bond donors (Lipinski definition) is 2. The molecule has 6 nitrogen and oxygen atoms in total. The van der Waals surface area contributed by atoms with Crippen molar-refractivity contribution in [2.24, 2.45) is 5.92 Å². The van der Waals surface area contributed by atoms with Crippen LogP contribution in [0.2, 0.25) is 0 Å². The van der Waals surface area contributed by atoms with Crippen LogP contribution in [0.5, 0.6) is 0 Å². The molecule has 1 amide bonds. The Balaban J connectivity index is 1.68. The van der Waals surface area contributed by atoms with Crippen LogP contribution in [0.3, 0.4) is 0 Å². The van der Waals surface area contributed by atoms with Gasteiger partial charge in [-0.25, -0.2) is 8.42 Å². The second-order valence-electron chi connectivity index (χ2n) is 8.61. The fourth-order valence-electron chi connectivity index (χ4n) is 4.05. The van der Waals surface area contributed by atoms with Crippen LogP contribution in [0.1, 0.15) is 37.0 Å². The highest BCUT2D eigenvalue weighted by Crippen LogP contribution is 2.30. The molecule has 1 fully saturated rings. The van der Waals surface area contributed by atoms with Crippen LogP contribution in [-0.4, -0.2) is 34.0 Å². The number of fused-ring (bicyclic) bond motifs is 1. The smallest absolute Gasteiger partial charge is 0.262 e. The van der Waals surface area contributed by atoms with Crippen LogP contribution < -0.4 is 14.9 Å². The van der Waals surface area contributed by atoms with E-state index in [-0.39, 0.29) is 10.8 Å². The number of rotatable bonds is 7. The van der Waals surface area contributed by atoms with Gasteiger partial charge >= 0.3 is 0 Å². The lowest BCUT2D eigenvalue weighted by Crippen LogP contribution is -2.30. The van der Waals surface area contributed by atoms with Gasteiger partial charge in [0, 0.05) is 36.4 Å². The van der Waals surface area contributed by atoms with Crippen LogP contribution in [0, 0.1) is 5.92 Å². The molecule has 32 heavy (non-hydrogen) atoms. The lowest BCUT2D eigenvalue weighted by molar-refractivity contribution is 0.0949. The van der Waals surface area contributed by atoms with Crippen molar-refractivity contribution < 1.29 is 13.2 Å². The Morgan fingerprint density at radius 2 is 1.72 bits per heavy atom. The Labute approximate surface area is 189 Å². The average molecular weight is 452 g/mol. The molecule has 0 aliphatic carbocycles. The van der Waals surface area contributed by atoms with Crippen molar-refractivity contribution in [2.45, 2.75) is 31.6 Å². The third-order valence-corrected chi connectivity index (χ3v) is 7.09. The van der Waals surface area contributed by atoms with E-state index in [0.717, 1.165) is 37.0 Å². The van der Waals surface area contributed by atoms with Gasteiger partial charge < -0.3 is 10.2 Å². The molecule has 0 radical (unpaired) electrons. The van der Waals surface area contributed by atoms with Gasteiger partial charge in [0.05, 0.1) is 10.5 Å². The molecule has 168 valence electrons. The minimum absolute atomic E-state index is 0.188. The van der Waals surface area contributed by atoms with E-state index in [1.165, 1.54) is 0 Å². The fraction of sp³-hybridized carbons (Fsp3) is 0.320. The third kappa shape index (κ3) is 4.72. The molecule has 0 atom stereocenters. The summed E-state index contributed by atoms with van der Waals surface area (Å²) in [6.45, 7) is 6.42. The molecule has 3 aromatic rings. The summed E-state index contributed by atoms with van der Waals surface area (Å²) >= 11 is 0. The first-order valence-corrected chi connectivity index (χ1v) is 12.5. The number of hydrogen-bond acceptors (Lipinski definition) is 4. The summed E-state index contributed by atoms with van der Waals surface area (Å²) in [6.07, 6.45) is 2.17. The number of nitrogens with zero attached hydrogens (tertiary/aromatic N) is 1. The summed E-state index contributed by atoms with van der Waals surface area (Å²) < 4.78 is 29.1. The van der Waals surface area contributed by atoms with E-state index < -0.39 is 10.0 Å². The molecule has 4 rings (SSSR count). The molecule has 0 bridgehead atoms. The van der Waals surface area contributed by atoms with Crippen molar-refractivity contribution in [2.75, 3.05) is 29.3 Å². The number of amides is 1. The van der Waals surface area contributed by atoms with Crippen LogP contribution in [0.15, 0.2) is 65.6 Å². The van der Waals surface area contributed by atoms with E-state index in [1.54, 1.807) is 30.3 Å². The maximum atomic E-state index is 13.2. The van der Waals surface area contributed by atoms with Crippen molar-refractivity contribution >= 4 is 38.1 Å². The van der Waals surface area contributed by atoms with Gasteiger partial charge in [-0.3, -0.25) is 9.52 Å². The summed E-state index contributed by atoms with van der Waals surface area (Å²) in [5.41, 5.74) is 1.71. The highest BCUT2D eigenvalue weighted by Gasteiger charge is 2.22. The SMILES string of the molecule is CC(C)CNC(=O)c1cc(NS(=O)(=O)c2cccc3ccccc23)ccc1N1CCCC1. The zero-order chi connectivity index (χ0) is 22.7. The molecular weight excluding hydrogens is 422 g/mol. The Kier molecular flexibility index (Phi) is 6.37. The second-order valence-corrected chi connectivity index (χ2v) is 10.3. The van der Waals surface area contributed by atoms with Gasteiger partial charge in [0.15, 0.2) is 0 Å². The van der Waals surface area contributed by atoms with E-state index in [0.29, 0.717) is 29.1 Å². The first-order valence-electron chi connectivity index (χ1n) is 11.0. The molecule has 7 heteroatoms. The second kappa shape index (κ2) is 9.20. The largest absolute Gasteiger partial charge is 0.371 e. The molecule has 1 aliphatic rings. The summed E-state index contributed by atoms with van der Waals surface area (Å²) in [4.78, 5) is 15.4. The van der Waals surface area contributed by atoms with E-state index in [9.17, 15) is 13.2 Å². The quantitative estimate of drug-likeness (QED) is 0.549. The molecule has 1 heterocycles. The summed E-state index contributed by atoms with van der Waals surface area (Å²) in [7, 11) is -3.84. The molecule has 3 aromatic carbocycles. The lowest BCUT2D eigenvalue weighted by atomic mass is 10.1. The summed E-state index contributed by atoms with van der Waals surface area (Å²) in [5, 5.41) is 4.48. The zero-order valence-corrected chi connectivity index (χ0v) is 19.3. The van der Waals surface area contributed by atoms with Gasteiger partial charge in [-0.15, -0.1) is 0 Å². The molecule has 0 aromatic heterocycles.